The quantitative estimate of drug-likeness (QED) is 0.828. The highest BCUT2D eigenvalue weighted by Crippen LogP contribution is 2.40. The van der Waals surface area contributed by atoms with Crippen LogP contribution in [0.1, 0.15) is 18.9 Å². The summed E-state index contributed by atoms with van der Waals surface area (Å²) in [4.78, 5) is 0. The number of rotatable bonds is 4. The van der Waals surface area contributed by atoms with Crippen molar-refractivity contribution in [1.29, 1.82) is 0 Å². The predicted molar refractivity (Wildman–Crippen MR) is 67.7 cm³/mol. The molecular formula is C14H21NO2. The normalized spacial score (nSPS) is 27.9. The smallest absolute Gasteiger partial charge is 0.0750 e. The van der Waals surface area contributed by atoms with Crippen molar-refractivity contribution in [2.75, 3.05) is 19.8 Å². The minimum Gasteiger partial charge on any atom is -0.389 e. The second-order valence-electron chi connectivity index (χ2n) is 5.22. The highest BCUT2D eigenvalue weighted by Gasteiger charge is 2.48. The summed E-state index contributed by atoms with van der Waals surface area (Å²) < 4.78 is 5.44. The van der Waals surface area contributed by atoms with Crippen LogP contribution in [-0.4, -0.2) is 30.5 Å². The van der Waals surface area contributed by atoms with Crippen molar-refractivity contribution >= 4 is 0 Å². The van der Waals surface area contributed by atoms with Crippen molar-refractivity contribution in [3.8, 4) is 0 Å². The highest BCUT2D eigenvalue weighted by atomic mass is 16.5. The third-order valence-corrected chi connectivity index (χ3v) is 4.03. The van der Waals surface area contributed by atoms with Crippen LogP contribution in [0.4, 0.5) is 0 Å². The molecule has 3 nitrogen and oxygen atoms in total. The first-order valence-electron chi connectivity index (χ1n) is 6.14. The molecule has 1 fully saturated rings. The maximum Gasteiger partial charge on any atom is 0.0750 e. The van der Waals surface area contributed by atoms with Gasteiger partial charge in [-0.15, -0.1) is 0 Å². The van der Waals surface area contributed by atoms with E-state index in [0.29, 0.717) is 26.2 Å². The van der Waals surface area contributed by atoms with Gasteiger partial charge in [0.05, 0.1) is 12.2 Å². The third-order valence-electron chi connectivity index (χ3n) is 4.03. The first-order chi connectivity index (χ1) is 8.10. The molecule has 1 aromatic rings. The van der Waals surface area contributed by atoms with Gasteiger partial charge in [-0.1, -0.05) is 30.3 Å². The molecule has 0 bridgehead atoms. The van der Waals surface area contributed by atoms with Crippen molar-refractivity contribution in [2.24, 2.45) is 11.1 Å². The zero-order valence-corrected chi connectivity index (χ0v) is 10.4. The number of hydrogen-bond acceptors (Lipinski definition) is 3. The second kappa shape index (κ2) is 4.77. The number of hydrogen-bond donors (Lipinski definition) is 2. The first kappa shape index (κ1) is 12.6. The molecule has 1 aromatic carbocycles. The van der Waals surface area contributed by atoms with Gasteiger partial charge >= 0.3 is 0 Å². The molecular weight excluding hydrogens is 214 g/mol. The zero-order chi connectivity index (χ0) is 12.4. The lowest BCUT2D eigenvalue weighted by atomic mass is 9.69. The van der Waals surface area contributed by atoms with Gasteiger partial charge in [-0.3, -0.25) is 0 Å². The van der Waals surface area contributed by atoms with E-state index >= 15 is 0 Å². The fourth-order valence-electron chi connectivity index (χ4n) is 2.59. The molecule has 1 aliphatic rings. The lowest BCUT2D eigenvalue weighted by molar-refractivity contribution is -0.0680. The van der Waals surface area contributed by atoms with E-state index in [1.54, 1.807) is 0 Å². The van der Waals surface area contributed by atoms with E-state index in [1.165, 1.54) is 0 Å². The monoisotopic (exact) mass is 235 g/mol. The van der Waals surface area contributed by atoms with Crippen LogP contribution in [0.5, 0.6) is 0 Å². The number of ether oxygens (including phenoxy) is 1. The zero-order valence-electron chi connectivity index (χ0n) is 10.4. The molecule has 1 saturated heterocycles. The van der Waals surface area contributed by atoms with Crippen LogP contribution in [-0.2, 0) is 11.2 Å². The SMILES string of the molecule is CC(O)(Cc1ccccc1)C1(CN)CCOC1. The van der Waals surface area contributed by atoms with Gasteiger partial charge in [0.2, 0.25) is 0 Å². The Kier molecular flexibility index (Phi) is 3.52. The molecule has 2 atom stereocenters. The molecule has 1 aliphatic heterocycles. The van der Waals surface area contributed by atoms with Crippen LogP contribution >= 0.6 is 0 Å². The van der Waals surface area contributed by atoms with Crippen molar-refractivity contribution in [2.45, 2.75) is 25.4 Å². The summed E-state index contributed by atoms with van der Waals surface area (Å²) in [5.74, 6) is 0. The van der Waals surface area contributed by atoms with Crippen LogP contribution in [0.3, 0.4) is 0 Å². The van der Waals surface area contributed by atoms with E-state index in [0.717, 1.165) is 12.0 Å². The number of benzene rings is 1. The molecule has 0 amide bonds. The lowest BCUT2D eigenvalue weighted by Gasteiger charge is -2.41. The molecule has 0 spiro atoms. The Labute approximate surface area is 103 Å². The fourth-order valence-corrected chi connectivity index (χ4v) is 2.59. The van der Waals surface area contributed by atoms with Gasteiger partial charge in [0.15, 0.2) is 0 Å². The van der Waals surface area contributed by atoms with Crippen molar-refractivity contribution in [1.82, 2.24) is 0 Å². The van der Waals surface area contributed by atoms with Gasteiger partial charge in [-0.25, -0.2) is 0 Å². The van der Waals surface area contributed by atoms with E-state index in [4.69, 9.17) is 10.5 Å². The van der Waals surface area contributed by atoms with E-state index < -0.39 is 5.60 Å². The van der Waals surface area contributed by atoms with E-state index in [-0.39, 0.29) is 5.41 Å². The van der Waals surface area contributed by atoms with E-state index in [9.17, 15) is 5.11 Å². The standard InChI is InChI=1S/C14H21NO2/c1-13(16,9-12-5-3-2-4-6-12)14(10-15)7-8-17-11-14/h2-6,16H,7-11,15H2,1H3. The Bertz CT molecular complexity index is 356. The molecule has 0 radical (unpaired) electrons. The summed E-state index contributed by atoms with van der Waals surface area (Å²) in [6.07, 6.45) is 1.46. The molecule has 3 heteroatoms. The van der Waals surface area contributed by atoms with E-state index in [1.807, 2.05) is 37.3 Å². The number of aliphatic hydroxyl groups is 1. The maximum absolute atomic E-state index is 10.8. The Morgan fingerprint density at radius 1 is 1.41 bits per heavy atom. The van der Waals surface area contributed by atoms with Gasteiger partial charge in [0.25, 0.3) is 0 Å². The Morgan fingerprint density at radius 3 is 2.65 bits per heavy atom. The van der Waals surface area contributed by atoms with Crippen LogP contribution in [0.15, 0.2) is 30.3 Å². The summed E-state index contributed by atoms with van der Waals surface area (Å²) >= 11 is 0. The summed E-state index contributed by atoms with van der Waals surface area (Å²) in [6.45, 7) is 3.60. The largest absolute Gasteiger partial charge is 0.389 e. The average molecular weight is 235 g/mol. The molecule has 0 aliphatic carbocycles. The van der Waals surface area contributed by atoms with Gasteiger partial charge in [-0.05, 0) is 18.9 Å². The van der Waals surface area contributed by atoms with Gasteiger partial charge in [0, 0.05) is 25.0 Å². The molecule has 17 heavy (non-hydrogen) atoms. The Balaban J connectivity index is 2.17. The van der Waals surface area contributed by atoms with Crippen molar-refractivity contribution in [3.05, 3.63) is 35.9 Å². The minimum absolute atomic E-state index is 0.303. The van der Waals surface area contributed by atoms with Crippen LogP contribution < -0.4 is 5.73 Å². The minimum atomic E-state index is -0.820. The molecule has 94 valence electrons. The Hall–Kier alpha value is -0.900. The summed E-state index contributed by atoms with van der Waals surface area (Å²) in [5, 5.41) is 10.8. The third kappa shape index (κ3) is 2.37. The molecule has 0 aromatic heterocycles. The molecule has 0 saturated carbocycles. The van der Waals surface area contributed by atoms with E-state index in [2.05, 4.69) is 0 Å². The summed E-state index contributed by atoms with van der Waals surface area (Å²) in [6, 6.07) is 10.0. The predicted octanol–water partition coefficient (Wildman–Crippen LogP) is 1.35. The van der Waals surface area contributed by atoms with Crippen LogP contribution in [0.25, 0.3) is 0 Å². The molecule has 1 heterocycles. The number of nitrogens with two attached hydrogens (primary N) is 1. The second-order valence-corrected chi connectivity index (χ2v) is 5.22. The molecule has 2 rings (SSSR count). The fraction of sp³-hybridized carbons (Fsp3) is 0.571. The first-order valence-corrected chi connectivity index (χ1v) is 6.14. The molecule has 2 unspecified atom stereocenters. The summed E-state index contributed by atoms with van der Waals surface area (Å²) in [7, 11) is 0. The molecule has 3 N–H and O–H groups in total. The summed E-state index contributed by atoms with van der Waals surface area (Å²) in [5.41, 5.74) is 5.88. The van der Waals surface area contributed by atoms with Gasteiger partial charge < -0.3 is 15.6 Å². The highest BCUT2D eigenvalue weighted by molar-refractivity contribution is 5.18. The average Bonchev–Trinajstić information content (AvgIpc) is 2.80. The van der Waals surface area contributed by atoms with Gasteiger partial charge in [-0.2, -0.15) is 0 Å². The topological polar surface area (TPSA) is 55.5 Å². The van der Waals surface area contributed by atoms with Crippen LogP contribution in [0.2, 0.25) is 0 Å². The van der Waals surface area contributed by atoms with Gasteiger partial charge in [0.1, 0.15) is 0 Å². The van der Waals surface area contributed by atoms with Crippen LogP contribution in [0, 0.1) is 5.41 Å². The Morgan fingerprint density at radius 2 is 2.12 bits per heavy atom. The lowest BCUT2D eigenvalue weighted by Crippen LogP contribution is -2.52. The van der Waals surface area contributed by atoms with Crippen molar-refractivity contribution in [3.63, 3.8) is 0 Å². The van der Waals surface area contributed by atoms with Crippen molar-refractivity contribution < 1.29 is 9.84 Å². The maximum atomic E-state index is 10.8.